The maximum absolute atomic E-state index is 14.4. The van der Waals surface area contributed by atoms with Gasteiger partial charge in [0.1, 0.15) is 85.5 Å². The molecule has 1 saturated heterocycles. The summed E-state index contributed by atoms with van der Waals surface area (Å²) in [6.07, 6.45) is 4.62. The smallest absolute Gasteiger partial charge is 0.395 e. The topological polar surface area (TPSA) is 251 Å². The molecular formula is C60H44BBrF6N15O2+. The molecule has 0 aliphatic carbocycles. The number of aromatic nitrogens is 12. The standard InChI is InChI=1S/2C18H11F2N5.C15H16BFNO2.C9H6BrFN4/c2*19-13-5-1-3-11(8-13)16-17(24-25-18(21)23-16)12-7-10-4-2-6-22-15(10)14(20)9-12;1-14(2)15(3,4)20-16(19-14)11-8-10-6-5-7-18-13(10)12(17)9-11;10-8-7(13-9(12)15-14-8)5-2-1-3-6(11)4-5/h2*1-9H,(H2,21,23,25);5-9H,1H2,2-4H3;1-4H,(H2,12,13,15)/q;;+1;. The number of nitrogens with two attached hydrogens (primary N) is 3. The summed E-state index contributed by atoms with van der Waals surface area (Å²) in [4.78, 5) is 24.4. The van der Waals surface area contributed by atoms with Crippen molar-refractivity contribution in [2.24, 2.45) is 0 Å². The van der Waals surface area contributed by atoms with E-state index in [4.69, 9.17) is 26.5 Å². The lowest BCUT2D eigenvalue weighted by Crippen LogP contribution is -2.42. The molecule has 1 aliphatic rings. The Hall–Kier alpha value is -10.1. The average Bonchev–Trinajstić information content (AvgIpc) is 2.75. The molecule has 25 heteroatoms. The first kappa shape index (κ1) is 58.1. The molecule has 0 amide bonds. The largest absolute Gasteiger partial charge is 0.498 e. The zero-order valence-corrected chi connectivity index (χ0v) is 46.5. The predicted octanol–water partition coefficient (Wildman–Crippen LogP) is 11.7. The van der Waals surface area contributed by atoms with Crippen LogP contribution in [0.5, 0.6) is 0 Å². The Kier molecular flexibility index (Phi) is 16.7. The highest BCUT2D eigenvalue weighted by molar-refractivity contribution is 9.10. The van der Waals surface area contributed by atoms with Crippen LogP contribution in [-0.4, -0.2) is 78.8 Å². The molecule has 1 fully saturated rings. The van der Waals surface area contributed by atoms with Gasteiger partial charge in [-0.2, -0.15) is 0 Å². The number of rotatable bonds is 6. The van der Waals surface area contributed by atoms with Gasteiger partial charge >= 0.3 is 7.12 Å². The summed E-state index contributed by atoms with van der Waals surface area (Å²) in [5.74, 6) is -2.58. The first-order chi connectivity index (χ1) is 40.7. The third-order valence-electron chi connectivity index (χ3n) is 13.2. The molecule has 7 heterocycles. The summed E-state index contributed by atoms with van der Waals surface area (Å²) in [5, 5.41) is 24.9. The quantitative estimate of drug-likeness (QED) is 0.0795. The summed E-state index contributed by atoms with van der Waals surface area (Å²) in [5.41, 5.74) is 21.2. The lowest BCUT2D eigenvalue weighted by Gasteiger charge is -2.25. The molecule has 13 rings (SSSR count). The second-order valence-corrected chi connectivity index (χ2v) is 20.3. The fourth-order valence-corrected chi connectivity index (χ4v) is 9.09. The molecule has 17 nitrogen and oxygen atoms in total. The molecule has 6 aromatic carbocycles. The number of nitrogens with zero attached hydrogens (tertiary/aromatic N) is 12. The zero-order valence-electron chi connectivity index (χ0n) is 44.9. The molecule has 1 atom stereocenters. The van der Waals surface area contributed by atoms with Gasteiger partial charge in [-0.25, -0.2) is 41.3 Å². The minimum absolute atomic E-state index is 0.0501. The molecular weight excluding hydrogens is 1170 g/mol. The van der Waals surface area contributed by atoms with E-state index >= 15 is 0 Å². The fraction of sp³-hybridized carbons (Fsp3) is 0.0833. The van der Waals surface area contributed by atoms with E-state index in [-0.39, 0.29) is 40.5 Å². The van der Waals surface area contributed by atoms with E-state index in [0.717, 1.165) is 5.39 Å². The molecule has 0 radical (unpaired) electrons. The molecule has 1 unspecified atom stereocenters. The Balaban J connectivity index is 0.000000128. The molecule has 422 valence electrons. The third-order valence-corrected chi connectivity index (χ3v) is 13.8. The Morgan fingerprint density at radius 3 is 1.22 bits per heavy atom. The van der Waals surface area contributed by atoms with E-state index in [2.05, 4.69) is 83.3 Å². The molecule has 1 aliphatic heterocycles. The van der Waals surface area contributed by atoms with Crippen molar-refractivity contribution in [3.63, 3.8) is 0 Å². The van der Waals surface area contributed by atoms with Gasteiger partial charge in [-0.05, 0) is 120 Å². The SMILES string of the molecule is Nc1nnc(-c2cc(F)c3ncccc3c2)c(-c2cccc(F)c2)n1.Nc1nnc(-c2cc(F)c3ncccc3c2)c(-c2cccc(F)c2)n1.Nc1nnc(Br)c(-c2cccc(F)c2)n1.[CH2+]C1(C)OB(c2cc(F)c3ncccc3c2)OC1(C)C. The molecule has 12 aromatic rings. The highest BCUT2D eigenvalue weighted by atomic mass is 79.9. The minimum Gasteiger partial charge on any atom is -0.395 e. The Labute approximate surface area is 489 Å². The molecule has 85 heavy (non-hydrogen) atoms. The van der Waals surface area contributed by atoms with Crippen LogP contribution < -0.4 is 22.7 Å². The third kappa shape index (κ3) is 13.1. The number of hydrogen-bond acceptors (Lipinski definition) is 17. The van der Waals surface area contributed by atoms with Crippen LogP contribution in [0.2, 0.25) is 0 Å². The fourth-order valence-electron chi connectivity index (χ4n) is 8.69. The molecule has 0 saturated carbocycles. The van der Waals surface area contributed by atoms with Crippen molar-refractivity contribution >= 4 is 79.1 Å². The molecule has 0 bridgehead atoms. The number of hydrogen-bond donors (Lipinski definition) is 3. The van der Waals surface area contributed by atoms with Crippen molar-refractivity contribution in [3.05, 3.63) is 211 Å². The van der Waals surface area contributed by atoms with Crippen LogP contribution >= 0.6 is 15.9 Å². The van der Waals surface area contributed by atoms with Crippen molar-refractivity contribution in [2.45, 2.75) is 32.0 Å². The van der Waals surface area contributed by atoms with Gasteiger partial charge in [0.05, 0.1) is 6.92 Å². The van der Waals surface area contributed by atoms with Crippen molar-refractivity contribution in [3.8, 4) is 56.3 Å². The summed E-state index contributed by atoms with van der Waals surface area (Å²) < 4.78 is 95.2. The zero-order chi connectivity index (χ0) is 60.2. The maximum Gasteiger partial charge on any atom is 0.498 e. The lowest BCUT2D eigenvalue weighted by atomic mass is 9.78. The van der Waals surface area contributed by atoms with Crippen LogP contribution in [0.15, 0.2) is 169 Å². The van der Waals surface area contributed by atoms with Crippen LogP contribution in [0, 0.1) is 41.8 Å². The monoisotopic (exact) mass is 1210 g/mol. The number of fused-ring (bicyclic) bond motifs is 3. The Morgan fingerprint density at radius 1 is 0.424 bits per heavy atom. The lowest BCUT2D eigenvalue weighted by molar-refractivity contribution is 0.0262. The number of benzene rings is 6. The van der Waals surface area contributed by atoms with Gasteiger partial charge in [-0.1, -0.05) is 60.7 Å². The first-order valence-corrected chi connectivity index (χ1v) is 26.3. The normalized spacial score (nSPS) is 14.2. The predicted molar refractivity (Wildman–Crippen MR) is 315 cm³/mol. The van der Waals surface area contributed by atoms with Crippen LogP contribution in [0.4, 0.5) is 44.2 Å². The second-order valence-electron chi connectivity index (χ2n) is 19.5. The molecule has 6 N–H and O–H groups in total. The van der Waals surface area contributed by atoms with Crippen LogP contribution in [0.1, 0.15) is 20.8 Å². The van der Waals surface area contributed by atoms with Crippen molar-refractivity contribution < 1.29 is 35.7 Å². The Bertz CT molecular complexity index is 4290. The van der Waals surface area contributed by atoms with Gasteiger partial charge in [0.2, 0.25) is 23.4 Å². The van der Waals surface area contributed by atoms with E-state index in [1.54, 1.807) is 85.1 Å². The second kappa shape index (κ2) is 24.4. The van der Waals surface area contributed by atoms with Gasteiger partial charge in [0.15, 0.2) is 4.60 Å². The summed E-state index contributed by atoms with van der Waals surface area (Å²) in [7, 11) is -0.619. The highest BCUT2D eigenvalue weighted by Crippen LogP contribution is 2.37. The van der Waals surface area contributed by atoms with Crippen molar-refractivity contribution in [1.82, 2.24) is 60.5 Å². The van der Waals surface area contributed by atoms with Gasteiger partial charge < -0.3 is 26.5 Å². The van der Waals surface area contributed by atoms with E-state index in [1.165, 1.54) is 67.0 Å². The number of anilines is 3. The molecule has 0 spiro atoms. The van der Waals surface area contributed by atoms with Gasteiger partial charge in [0.25, 0.3) is 0 Å². The minimum atomic E-state index is -0.683. The summed E-state index contributed by atoms with van der Waals surface area (Å²) >= 11 is 3.18. The summed E-state index contributed by atoms with van der Waals surface area (Å²) in [6.45, 7) is 9.73. The van der Waals surface area contributed by atoms with Crippen LogP contribution in [0.3, 0.4) is 0 Å². The summed E-state index contributed by atoms with van der Waals surface area (Å²) in [6, 6.07) is 37.6. The number of nitrogen functional groups attached to an aromatic ring is 3. The van der Waals surface area contributed by atoms with Gasteiger partial charge in [-0.3, -0.25) is 15.0 Å². The van der Waals surface area contributed by atoms with Gasteiger partial charge in [0, 0.05) is 69.5 Å². The van der Waals surface area contributed by atoms with E-state index in [9.17, 15) is 26.3 Å². The van der Waals surface area contributed by atoms with E-state index < -0.39 is 41.6 Å². The van der Waals surface area contributed by atoms with Crippen molar-refractivity contribution in [1.29, 1.82) is 0 Å². The maximum atomic E-state index is 14.4. The van der Waals surface area contributed by atoms with E-state index in [1.807, 2.05) is 32.9 Å². The Morgan fingerprint density at radius 2 is 0.812 bits per heavy atom. The average molecular weight is 1210 g/mol. The van der Waals surface area contributed by atoms with Gasteiger partial charge in [-0.15, -0.1) is 30.6 Å². The van der Waals surface area contributed by atoms with E-state index in [0.29, 0.717) is 82.6 Å². The number of pyridine rings is 3. The van der Waals surface area contributed by atoms with Crippen LogP contribution in [-0.2, 0) is 9.31 Å². The number of halogens is 7. The van der Waals surface area contributed by atoms with Crippen molar-refractivity contribution in [2.75, 3.05) is 17.2 Å². The van der Waals surface area contributed by atoms with Crippen LogP contribution in [0.25, 0.3) is 89.0 Å². The first-order valence-electron chi connectivity index (χ1n) is 25.5. The highest BCUT2D eigenvalue weighted by Gasteiger charge is 2.57. The molecule has 6 aromatic heterocycles.